The van der Waals surface area contributed by atoms with E-state index in [9.17, 15) is 22.8 Å². The van der Waals surface area contributed by atoms with Gasteiger partial charge in [-0.05, 0) is 19.3 Å². The molecule has 0 aromatic rings. The number of hydrogen-bond donors (Lipinski definition) is 0. The summed E-state index contributed by atoms with van der Waals surface area (Å²) in [5.74, 6) is -0.225. The third-order valence-corrected chi connectivity index (χ3v) is 5.00. The number of likely N-dealkylation sites (tertiary alicyclic amines) is 1. The number of nitrogens with zero attached hydrogens (tertiary/aromatic N) is 3. The van der Waals surface area contributed by atoms with Crippen LogP contribution in [0.15, 0.2) is 0 Å². The molecule has 0 bridgehead atoms. The molecule has 2 aliphatic heterocycles. The molecule has 2 rings (SSSR count). The zero-order chi connectivity index (χ0) is 19.5. The van der Waals surface area contributed by atoms with E-state index in [1.165, 1.54) is 4.90 Å². The fourth-order valence-electron chi connectivity index (χ4n) is 3.70. The van der Waals surface area contributed by atoms with E-state index >= 15 is 0 Å². The summed E-state index contributed by atoms with van der Waals surface area (Å²) >= 11 is 0. The van der Waals surface area contributed by atoms with Crippen LogP contribution in [-0.4, -0.2) is 78.5 Å². The van der Waals surface area contributed by atoms with Crippen molar-refractivity contribution in [3.63, 3.8) is 0 Å². The second-order valence-corrected chi connectivity index (χ2v) is 8.41. The summed E-state index contributed by atoms with van der Waals surface area (Å²) in [5.41, 5.74) is -0.481. The van der Waals surface area contributed by atoms with Crippen molar-refractivity contribution in [3.05, 3.63) is 0 Å². The van der Waals surface area contributed by atoms with Gasteiger partial charge in [0.2, 0.25) is 11.8 Å². The van der Waals surface area contributed by atoms with Crippen LogP contribution in [0.1, 0.15) is 40.0 Å². The molecule has 26 heavy (non-hydrogen) atoms. The van der Waals surface area contributed by atoms with Crippen LogP contribution < -0.4 is 0 Å². The molecular formula is C18H30F3N3O2. The van der Waals surface area contributed by atoms with Crippen molar-refractivity contribution < 1.29 is 22.8 Å². The maximum absolute atomic E-state index is 12.9. The minimum absolute atomic E-state index is 0.0229. The van der Waals surface area contributed by atoms with E-state index in [4.69, 9.17) is 0 Å². The molecule has 2 aliphatic rings. The molecule has 5 nitrogen and oxygen atoms in total. The molecule has 1 atom stereocenters. The van der Waals surface area contributed by atoms with Gasteiger partial charge in [-0.1, -0.05) is 20.8 Å². The van der Waals surface area contributed by atoms with Crippen LogP contribution >= 0.6 is 0 Å². The Hall–Kier alpha value is -1.31. The van der Waals surface area contributed by atoms with Crippen LogP contribution in [0.25, 0.3) is 0 Å². The Labute approximate surface area is 153 Å². The number of alkyl halides is 3. The highest BCUT2D eigenvalue weighted by Gasteiger charge is 2.36. The molecule has 0 aliphatic carbocycles. The molecule has 150 valence electrons. The van der Waals surface area contributed by atoms with Gasteiger partial charge in [-0.15, -0.1) is 0 Å². The summed E-state index contributed by atoms with van der Waals surface area (Å²) in [5, 5.41) is 0. The van der Waals surface area contributed by atoms with Crippen molar-refractivity contribution in [2.75, 3.05) is 45.8 Å². The average Bonchev–Trinajstić information content (AvgIpc) is 2.76. The lowest BCUT2D eigenvalue weighted by molar-refractivity contribution is -0.146. The highest BCUT2D eigenvalue weighted by atomic mass is 19.4. The Morgan fingerprint density at radius 3 is 2.19 bits per heavy atom. The Bertz CT molecular complexity index is 517. The molecule has 0 radical (unpaired) electrons. The van der Waals surface area contributed by atoms with E-state index < -0.39 is 18.1 Å². The lowest BCUT2D eigenvalue weighted by Gasteiger charge is -2.37. The van der Waals surface area contributed by atoms with Crippen molar-refractivity contribution in [2.24, 2.45) is 11.3 Å². The average molecular weight is 377 g/mol. The van der Waals surface area contributed by atoms with Crippen LogP contribution in [0.2, 0.25) is 0 Å². The monoisotopic (exact) mass is 377 g/mol. The summed E-state index contributed by atoms with van der Waals surface area (Å²) in [7, 11) is 0. The molecular weight excluding hydrogens is 347 g/mol. The molecule has 0 aromatic heterocycles. The van der Waals surface area contributed by atoms with Gasteiger partial charge in [0.1, 0.15) is 0 Å². The lowest BCUT2D eigenvalue weighted by atomic mass is 9.90. The van der Waals surface area contributed by atoms with Crippen molar-refractivity contribution in [1.82, 2.24) is 14.7 Å². The molecule has 0 aromatic carbocycles. The van der Waals surface area contributed by atoms with Crippen LogP contribution in [0, 0.1) is 11.3 Å². The number of carbonyl (C=O) groups excluding carboxylic acids is 2. The first-order valence-electron chi connectivity index (χ1n) is 9.34. The zero-order valence-electron chi connectivity index (χ0n) is 15.9. The summed E-state index contributed by atoms with van der Waals surface area (Å²) in [6.07, 6.45) is -2.16. The third-order valence-electron chi connectivity index (χ3n) is 5.00. The van der Waals surface area contributed by atoms with E-state index in [0.29, 0.717) is 39.1 Å². The first kappa shape index (κ1) is 21.0. The van der Waals surface area contributed by atoms with Crippen molar-refractivity contribution in [2.45, 2.75) is 46.2 Å². The molecule has 2 heterocycles. The highest BCUT2D eigenvalue weighted by molar-refractivity contribution is 5.84. The topological polar surface area (TPSA) is 43.9 Å². The van der Waals surface area contributed by atoms with E-state index in [2.05, 4.69) is 0 Å². The molecule has 0 spiro atoms. The molecule has 2 saturated heterocycles. The fourth-order valence-corrected chi connectivity index (χ4v) is 3.70. The zero-order valence-corrected chi connectivity index (χ0v) is 15.9. The number of hydrogen-bond acceptors (Lipinski definition) is 3. The van der Waals surface area contributed by atoms with E-state index in [1.54, 1.807) is 9.80 Å². The number of rotatable bonds is 2. The van der Waals surface area contributed by atoms with Gasteiger partial charge in [0.15, 0.2) is 0 Å². The molecule has 0 N–H and O–H groups in total. The normalized spacial score (nSPS) is 23.7. The summed E-state index contributed by atoms with van der Waals surface area (Å²) in [4.78, 5) is 30.2. The van der Waals surface area contributed by atoms with Gasteiger partial charge in [-0.25, -0.2) is 0 Å². The minimum Gasteiger partial charge on any atom is -0.341 e. The first-order valence-corrected chi connectivity index (χ1v) is 9.34. The minimum atomic E-state index is -4.21. The van der Waals surface area contributed by atoms with Gasteiger partial charge in [0.25, 0.3) is 0 Å². The Morgan fingerprint density at radius 2 is 1.58 bits per heavy atom. The van der Waals surface area contributed by atoms with Crippen LogP contribution in [0.4, 0.5) is 13.2 Å². The summed E-state index contributed by atoms with van der Waals surface area (Å²) in [6.45, 7) is 7.14. The van der Waals surface area contributed by atoms with Gasteiger partial charge >= 0.3 is 6.18 Å². The second-order valence-electron chi connectivity index (χ2n) is 8.41. The van der Waals surface area contributed by atoms with Gasteiger partial charge in [-0.2, -0.15) is 13.2 Å². The SMILES string of the molecule is CC(C)(C)C(=O)N1CCCC(C(=O)N2CCCN(CC(F)(F)F)CC2)C1. The Kier molecular flexibility index (Phi) is 6.58. The number of carbonyl (C=O) groups is 2. The maximum atomic E-state index is 12.9. The fraction of sp³-hybridized carbons (Fsp3) is 0.889. The largest absolute Gasteiger partial charge is 0.401 e. The molecule has 0 saturated carbocycles. The molecule has 1 unspecified atom stereocenters. The Balaban J connectivity index is 1.93. The van der Waals surface area contributed by atoms with Crippen molar-refractivity contribution in [1.29, 1.82) is 0 Å². The number of piperidine rings is 1. The quantitative estimate of drug-likeness (QED) is 0.742. The third kappa shape index (κ3) is 5.86. The van der Waals surface area contributed by atoms with Crippen LogP contribution in [0.3, 0.4) is 0 Å². The second kappa shape index (κ2) is 8.15. The van der Waals surface area contributed by atoms with E-state index in [0.717, 1.165) is 12.8 Å². The number of halogens is 3. The predicted molar refractivity (Wildman–Crippen MR) is 92.5 cm³/mol. The highest BCUT2D eigenvalue weighted by Crippen LogP contribution is 2.25. The molecule has 2 fully saturated rings. The lowest BCUT2D eigenvalue weighted by Crippen LogP contribution is -2.50. The smallest absolute Gasteiger partial charge is 0.341 e. The Morgan fingerprint density at radius 1 is 0.923 bits per heavy atom. The maximum Gasteiger partial charge on any atom is 0.401 e. The van der Waals surface area contributed by atoms with Crippen LogP contribution in [-0.2, 0) is 9.59 Å². The van der Waals surface area contributed by atoms with Gasteiger partial charge < -0.3 is 9.80 Å². The van der Waals surface area contributed by atoms with E-state index in [-0.39, 0.29) is 24.3 Å². The van der Waals surface area contributed by atoms with Crippen molar-refractivity contribution in [3.8, 4) is 0 Å². The summed E-state index contributed by atoms with van der Waals surface area (Å²) < 4.78 is 37.7. The van der Waals surface area contributed by atoms with Gasteiger partial charge in [0, 0.05) is 44.7 Å². The first-order chi connectivity index (χ1) is 12.0. The predicted octanol–water partition coefficient (Wildman–Crippen LogP) is 2.37. The van der Waals surface area contributed by atoms with Crippen molar-refractivity contribution >= 4 is 11.8 Å². The molecule has 2 amide bonds. The standard InChI is InChI=1S/C18H30F3N3O2/c1-17(2,3)16(26)24-8-4-6-14(12-24)15(25)23-9-5-7-22(10-11-23)13-18(19,20)21/h14H,4-13H2,1-3H3. The molecule has 8 heteroatoms. The van der Waals surface area contributed by atoms with E-state index in [1.807, 2.05) is 20.8 Å². The van der Waals surface area contributed by atoms with Gasteiger partial charge in [0.05, 0.1) is 12.5 Å². The number of amides is 2. The van der Waals surface area contributed by atoms with Gasteiger partial charge in [-0.3, -0.25) is 14.5 Å². The summed E-state index contributed by atoms with van der Waals surface area (Å²) in [6, 6.07) is 0. The van der Waals surface area contributed by atoms with Crippen LogP contribution in [0.5, 0.6) is 0 Å².